The molecule has 110 valence electrons. The topological polar surface area (TPSA) is 79.9 Å². The summed E-state index contributed by atoms with van der Waals surface area (Å²) in [7, 11) is 1.54. The van der Waals surface area contributed by atoms with Crippen LogP contribution < -0.4 is 15.8 Å². The molecule has 0 unspecified atom stereocenters. The molecule has 0 atom stereocenters. The van der Waals surface area contributed by atoms with E-state index in [1.807, 2.05) is 36.4 Å². The predicted molar refractivity (Wildman–Crippen MR) is 84.3 cm³/mol. The number of ether oxygens (including phenoxy) is 1. The molecule has 2 rings (SSSR count). The zero-order valence-corrected chi connectivity index (χ0v) is 12.3. The maximum Gasteiger partial charge on any atom is 0.173 e. The maximum absolute atomic E-state index is 8.81. The summed E-state index contributed by atoms with van der Waals surface area (Å²) in [5, 5.41) is 15.8. The molecule has 4 N–H and O–H groups in total. The number of anilines is 1. The first kappa shape index (κ1) is 15.0. The fourth-order valence-corrected chi connectivity index (χ4v) is 2.11. The Morgan fingerprint density at radius 1 is 1.33 bits per heavy atom. The second-order valence-corrected chi connectivity index (χ2v) is 4.82. The van der Waals surface area contributed by atoms with Gasteiger partial charge in [0.1, 0.15) is 5.75 Å². The molecule has 6 heteroatoms. The number of hydrogen-bond acceptors (Lipinski definition) is 4. The summed E-state index contributed by atoms with van der Waals surface area (Å²) in [5.74, 6) is 0.563. The lowest BCUT2D eigenvalue weighted by atomic mass is 10.1. The van der Waals surface area contributed by atoms with E-state index in [2.05, 4.69) is 10.5 Å². The molecule has 0 aliphatic heterocycles. The Morgan fingerprint density at radius 3 is 2.81 bits per heavy atom. The van der Waals surface area contributed by atoms with E-state index >= 15 is 0 Å². The molecule has 2 aromatic rings. The van der Waals surface area contributed by atoms with E-state index in [-0.39, 0.29) is 5.84 Å². The monoisotopic (exact) mass is 305 g/mol. The Kier molecular flexibility index (Phi) is 4.90. The largest absolute Gasteiger partial charge is 0.496 e. The molecule has 0 heterocycles. The van der Waals surface area contributed by atoms with Crippen molar-refractivity contribution in [2.75, 3.05) is 12.4 Å². The average molecular weight is 306 g/mol. The first-order valence-corrected chi connectivity index (χ1v) is 6.66. The van der Waals surface area contributed by atoms with Crippen molar-refractivity contribution in [1.29, 1.82) is 0 Å². The molecular formula is C15H16ClN3O2. The van der Waals surface area contributed by atoms with Crippen molar-refractivity contribution in [2.45, 2.75) is 6.54 Å². The summed E-state index contributed by atoms with van der Waals surface area (Å²) in [6.45, 7) is 0.579. The minimum Gasteiger partial charge on any atom is -0.496 e. The van der Waals surface area contributed by atoms with Gasteiger partial charge in [-0.1, -0.05) is 28.9 Å². The first-order valence-electron chi connectivity index (χ1n) is 6.28. The van der Waals surface area contributed by atoms with Crippen LogP contribution in [0, 0.1) is 0 Å². The highest BCUT2D eigenvalue weighted by Gasteiger charge is 2.09. The van der Waals surface area contributed by atoms with Crippen molar-refractivity contribution >= 4 is 23.1 Å². The van der Waals surface area contributed by atoms with Crippen LogP contribution in [-0.4, -0.2) is 18.2 Å². The van der Waals surface area contributed by atoms with Gasteiger partial charge in [0.25, 0.3) is 0 Å². The Labute approximate surface area is 128 Å². The molecule has 0 radical (unpaired) electrons. The van der Waals surface area contributed by atoms with Crippen LogP contribution in [0.1, 0.15) is 11.1 Å². The van der Waals surface area contributed by atoms with E-state index in [4.69, 9.17) is 27.3 Å². The van der Waals surface area contributed by atoms with Crippen LogP contribution in [0.2, 0.25) is 5.02 Å². The van der Waals surface area contributed by atoms with Gasteiger partial charge in [-0.15, -0.1) is 0 Å². The molecule has 2 aromatic carbocycles. The highest BCUT2D eigenvalue weighted by Crippen LogP contribution is 2.21. The summed E-state index contributed by atoms with van der Waals surface area (Å²) < 4.78 is 5.19. The number of hydrogen-bond donors (Lipinski definition) is 3. The van der Waals surface area contributed by atoms with Crippen molar-refractivity contribution in [3.05, 3.63) is 58.6 Å². The van der Waals surface area contributed by atoms with Gasteiger partial charge in [0.05, 0.1) is 12.7 Å². The number of oxime groups is 1. The van der Waals surface area contributed by atoms with Gasteiger partial charge in [-0.3, -0.25) is 0 Å². The first-order chi connectivity index (χ1) is 10.1. The van der Waals surface area contributed by atoms with Crippen molar-refractivity contribution < 1.29 is 9.94 Å². The van der Waals surface area contributed by atoms with Crippen molar-refractivity contribution in [3.8, 4) is 5.75 Å². The molecule has 5 nitrogen and oxygen atoms in total. The molecule has 0 aliphatic carbocycles. The van der Waals surface area contributed by atoms with Crippen LogP contribution in [0.3, 0.4) is 0 Å². The average Bonchev–Trinajstić information content (AvgIpc) is 2.52. The van der Waals surface area contributed by atoms with E-state index in [0.29, 0.717) is 22.9 Å². The number of methoxy groups -OCH3 is 1. The number of halogens is 1. The third-order valence-electron chi connectivity index (χ3n) is 2.97. The predicted octanol–water partition coefficient (Wildman–Crippen LogP) is 3.06. The lowest BCUT2D eigenvalue weighted by Gasteiger charge is -2.11. The van der Waals surface area contributed by atoms with E-state index < -0.39 is 0 Å². The highest BCUT2D eigenvalue weighted by atomic mass is 35.5. The van der Waals surface area contributed by atoms with Gasteiger partial charge < -0.3 is 21.0 Å². The van der Waals surface area contributed by atoms with E-state index in [9.17, 15) is 0 Å². The van der Waals surface area contributed by atoms with Gasteiger partial charge >= 0.3 is 0 Å². The number of nitrogens with zero attached hydrogens (tertiary/aromatic N) is 1. The van der Waals surface area contributed by atoms with Crippen molar-refractivity contribution in [1.82, 2.24) is 0 Å². The second kappa shape index (κ2) is 6.85. The zero-order valence-electron chi connectivity index (χ0n) is 11.5. The maximum atomic E-state index is 8.81. The summed E-state index contributed by atoms with van der Waals surface area (Å²) in [5.41, 5.74) is 8.09. The lowest BCUT2D eigenvalue weighted by Crippen LogP contribution is -2.15. The van der Waals surface area contributed by atoms with Crippen LogP contribution >= 0.6 is 11.6 Å². The summed E-state index contributed by atoms with van der Waals surface area (Å²) in [6.07, 6.45) is 0. The minimum absolute atomic E-state index is 0.0106. The van der Waals surface area contributed by atoms with Gasteiger partial charge in [0, 0.05) is 17.3 Å². The fraction of sp³-hybridized carbons (Fsp3) is 0.133. The van der Waals surface area contributed by atoms with E-state index in [1.165, 1.54) is 7.11 Å². The molecule has 0 amide bonds. The van der Waals surface area contributed by atoms with E-state index in [1.54, 1.807) is 6.07 Å². The molecule has 0 spiro atoms. The molecule has 0 aliphatic rings. The van der Waals surface area contributed by atoms with Gasteiger partial charge in [-0.05, 0) is 35.9 Å². The summed E-state index contributed by atoms with van der Waals surface area (Å²) in [4.78, 5) is 0. The Bertz CT molecular complexity index is 659. The third-order valence-corrected chi connectivity index (χ3v) is 3.20. The zero-order chi connectivity index (χ0) is 15.2. The third kappa shape index (κ3) is 3.79. The molecule has 21 heavy (non-hydrogen) atoms. The lowest BCUT2D eigenvalue weighted by molar-refractivity contribution is 0.318. The number of nitrogens with one attached hydrogen (secondary N) is 1. The summed E-state index contributed by atoms with van der Waals surface area (Å²) in [6, 6.07) is 13.0. The van der Waals surface area contributed by atoms with Crippen LogP contribution in [0.4, 0.5) is 5.69 Å². The fourth-order valence-electron chi connectivity index (χ4n) is 1.92. The van der Waals surface area contributed by atoms with Gasteiger partial charge in [0.2, 0.25) is 0 Å². The number of benzene rings is 2. The van der Waals surface area contributed by atoms with E-state index in [0.717, 1.165) is 11.3 Å². The Balaban J connectivity index is 2.17. The molecular weight excluding hydrogens is 290 g/mol. The van der Waals surface area contributed by atoms with Crippen LogP contribution in [0.15, 0.2) is 47.6 Å². The molecule has 0 saturated heterocycles. The van der Waals surface area contributed by atoms with Crippen LogP contribution in [0.25, 0.3) is 0 Å². The van der Waals surface area contributed by atoms with Crippen LogP contribution in [0.5, 0.6) is 5.75 Å². The van der Waals surface area contributed by atoms with Crippen molar-refractivity contribution in [3.63, 3.8) is 0 Å². The minimum atomic E-state index is 0.0106. The van der Waals surface area contributed by atoms with Crippen molar-refractivity contribution in [2.24, 2.45) is 10.9 Å². The van der Waals surface area contributed by atoms with Gasteiger partial charge in [-0.2, -0.15) is 0 Å². The summed E-state index contributed by atoms with van der Waals surface area (Å²) >= 11 is 5.94. The van der Waals surface area contributed by atoms with Crippen LogP contribution in [-0.2, 0) is 6.54 Å². The molecule has 0 bridgehead atoms. The normalized spacial score (nSPS) is 11.2. The SMILES string of the molecule is COc1ccc(CNc2cccc(Cl)c2)cc1C(N)=NO. The van der Waals surface area contributed by atoms with Gasteiger partial charge in [0.15, 0.2) is 5.84 Å². The number of amidine groups is 1. The number of rotatable bonds is 5. The standard InChI is InChI=1S/C15H16ClN3O2/c1-21-14-6-5-10(7-13(14)15(17)19-20)9-18-12-4-2-3-11(16)8-12/h2-8,18,20H,9H2,1H3,(H2,17,19). The highest BCUT2D eigenvalue weighted by molar-refractivity contribution is 6.30. The number of nitrogens with two attached hydrogens (primary N) is 1. The smallest absolute Gasteiger partial charge is 0.173 e. The Morgan fingerprint density at radius 2 is 2.14 bits per heavy atom. The quantitative estimate of drug-likeness (QED) is 0.343. The molecule has 0 fully saturated rings. The molecule has 0 aromatic heterocycles. The van der Waals surface area contributed by atoms with Gasteiger partial charge in [-0.25, -0.2) is 0 Å². The second-order valence-electron chi connectivity index (χ2n) is 4.38. The molecule has 0 saturated carbocycles. The Hall–Kier alpha value is -2.40.